The van der Waals surface area contributed by atoms with Gasteiger partial charge in [-0.05, 0) is 13.0 Å². The van der Waals surface area contributed by atoms with Crippen molar-refractivity contribution in [3.05, 3.63) is 34.9 Å². The highest BCUT2D eigenvalue weighted by molar-refractivity contribution is 6.34. The number of amides is 1. The topological polar surface area (TPSA) is 41.5 Å². The Morgan fingerprint density at radius 3 is 2.41 bits per heavy atom. The number of halogens is 1. The summed E-state index contributed by atoms with van der Waals surface area (Å²) in [7, 11) is 0. The van der Waals surface area contributed by atoms with Gasteiger partial charge < -0.3 is 0 Å². The highest BCUT2D eigenvalue weighted by atomic mass is 35.5. The fourth-order valence-corrected chi connectivity index (χ4v) is 1.39. The zero-order chi connectivity index (χ0) is 13.1. The number of rotatable bonds is 2. The Morgan fingerprint density at radius 2 is 1.88 bits per heavy atom. The first-order valence-electron chi connectivity index (χ1n) is 5.42. The maximum Gasteiger partial charge on any atom is 0.245 e. The van der Waals surface area contributed by atoms with Crippen LogP contribution in [0.1, 0.15) is 33.3 Å². The van der Waals surface area contributed by atoms with Crippen molar-refractivity contribution < 1.29 is 4.79 Å². The van der Waals surface area contributed by atoms with E-state index in [0.717, 1.165) is 5.56 Å². The lowest BCUT2D eigenvalue weighted by Gasteiger charge is -2.15. The first-order valence-corrected chi connectivity index (χ1v) is 5.80. The Hall–Kier alpha value is -1.35. The van der Waals surface area contributed by atoms with Crippen LogP contribution in [0, 0.1) is 5.41 Å². The largest absolute Gasteiger partial charge is 0.273 e. The monoisotopic (exact) mass is 252 g/mol. The van der Waals surface area contributed by atoms with Crippen LogP contribution in [0.5, 0.6) is 0 Å². The molecule has 0 atom stereocenters. The second kappa shape index (κ2) is 5.32. The van der Waals surface area contributed by atoms with Crippen molar-refractivity contribution in [3.63, 3.8) is 0 Å². The summed E-state index contributed by atoms with van der Waals surface area (Å²) in [4.78, 5) is 11.6. The molecule has 1 N–H and O–H groups in total. The van der Waals surface area contributed by atoms with E-state index >= 15 is 0 Å². The average Bonchev–Trinajstić information content (AvgIpc) is 2.24. The Kier molecular flexibility index (Phi) is 4.29. The highest BCUT2D eigenvalue weighted by Gasteiger charge is 2.20. The highest BCUT2D eigenvalue weighted by Crippen LogP contribution is 2.16. The first kappa shape index (κ1) is 13.7. The number of nitrogens with zero attached hydrogens (tertiary/aromatic N) is 1. The average molecular weight is 253 g/mol. The number of benzene rings is 1. The molecule has 0 aromatic heterocycles. The molecule has 4 heteroatoms. The molecule has 0 radical (unpaired) electrons. The molecule has 0 heterocycles. The fraction of sp³-hybridized carbons (Fsp3) is 0.385. The molecular formula is C13H17ClN2O. The minimum Gasteiger partial charge on any atom is -0.273 e. The number of hydrogen-bond donors (Lipinski definition) is 1. The molecule has 0 spiro atoms. The van der Waals surface area contributed by atoms with Gasteiger partial charge in [-0.2, -0.15) is 5.10 Å². The van der Waals surface area contributed by atoms with E-state index < -0.39 is 5.41 Å². The third-order valence-corrected chi connectivity index (χ3v) is 2.60. The van der Waals surface area contributed by atoms with Gasteiger partial charge in [0.05, 0.1) is 5.71 Å². The molecule has 0 fully saturated rings. The SMILES string of the molecule is CC(=NNC(=O)C(C)(C)C)c1ccccc1Cl. The third-order valence-electron chi connectivity index (χ3n) is 2.27. The first-order chi connectivity index (χ1) is 7.82. The molecule has 1 rings (SSSR count). The van der Waals surface area contributed by atoms with E-state index in [1.54, 1.807) is 6.07 Å². The normalized spacial score (nSPS) is 12.4. The quantitative estimate of drug-likeness (QED) is 0.637. The van der Waals surface area contributed by atoms with Crippen LogP contribution < -0.4 is 5.43 Å². The van der Waals surface area contributed by atoms with E-state index in [1.165, 1.54) is 0 Å². The summed E-state index contributed by atoms with van der Waals surface area (Å²) < 4.78 is 0. The number of carbonyl (C=O) groups excluding carboxylic acids is 1. The Balaban J connectivity index is 2.82. The van der Waals surface area contributed by atoms with Crippen molar-refractivity contribution in [2.24, 2.45) is 10.5 Å². The van der Waals surface area contributed by atoms with E-state index in [1.807, 2.05) is 45.9 Å². The van der Waals surface area contributed by atoms with E-state index in [-0.39, 0.29) is 5.91 Å². The lowest BCUT2D eigenvalue weighted by molar-refractivity contribution is -0.128. The molecule has 0 aliphatic rings. The number of hydrogen-bond acceptors (Lipinski definition) is 2. The zero-order valence-electron chi connectivity index (χ0n) is 10.5. The standard InChI is InChI=1S/C13H17ClN2O/c1-9(10-7-5-6-8-11(10)14)15-16-12(17)13(2,3)4/h5-8H,1-4H3,(H,16,17). The van der Waals surface area contributed by atoms with Gasteiger partial charge in [0, 0.05) is 16.0 Å². The predicted molar refractivity (Wildman–Crippen MR) is 71.3 cm³/mol. The summed E-state index contributed by atoms with van der Waals surface area (Å²) in [5.74, 6) is -0.121. The van der Waals surface area contributed by atoms with Crippen molar-refractivity contribution in [3.8, 4) is 0 Å². The van der Waals surface area contributed by atoms with Gasteiger partial charge in [-0.1, -0.05) is 50.6 Å². The molecule has 92 valence electrons. The minimum atomic E-state index is -0.454. The van der Waals surface area contributed by atoms with Gasteiger partial charge in [-0.15, -0.1) is 0 Å². The van der Waals surface area contributed by atoms with Gasteiger partial charge in [-0.3, -0.25) is 4.79 Å². The van der Waals surface area contributed by atoms with Crippen LogP contribution in [0.4, 0.5) is 0 Å². The number of carbonyl (C=O) groups is 1. The van der Waals surface area contributed by atoms with Gasteiger partial charge in [0.2, 0.25) is 5.91 Å². The summed E-state index contributed by atoms with van der Waals surface area (Å²) in [6.45, 7) is 7.32. The van der Waals surface area contributed by atoms with Crippen LogP contribution in [0.3, 0.4) is 0 Å². The maximum atomic E-state index is 11.6. The molecule has 0 saturated heterocycles. The van der Waals surface area contributed by atoms with Crippen molar-refractivity contribution in [1.29, 1.82) is 0 Å². The molecule has 3 nitrogen and oxygen atoms in total. The second-order valence-electron chi connectivity index (χ2n) is 4.87. The van der Waals surface area contributed by atoms with Crippen LogP contribution in [-0.4, -0.2) is 11.6 Å². The molecule has 1 aromatic rings. The van der Waals surface area contributed by atoms with Crippen LogP contribution in [0.25, 0.3) is 0 Å². The van der Waals surface area contributed by atoms with Crippen LogP contribution in [-0.2, 0) is 4.79 Å². The van der Waals surface area contributed by atoms with E-state index in [0.29, 0.717) is 10.7 Å². The third kappa shape index (κ3) is 3.86. The molecule has 0 aliphatic heterocycles. The van der Waals surface area contributed by atoms with Gasteiger partial charge in [0.25, 0.3) is 0 Å². The molecule has 1 aromatic carbocycles. The molecule has 0 saturated carbocycles. The van der Waals surface area contributed by atoms with Gasteiger partial charge in [0.1, 0.15) is 0 Å². The number of hydrazone groups is 1. The van der Waals surface area contributed by atoms with Gasteiger partial charge in [-0.25, -0.2) is 5.43 Å². The molecular weight excluding hydrogens is 236 g/mol. The summed E-state index contributed by atoms with van der Waals surface area (Å²) >= 11 is 6.03. The van der Waals surface area contributed by atoms with Crippen molar-refractivity contribution >= 4 is 23.2 Å². The summed E-state index contributed by atoms with van der Waals surface area (Å²) in [5.41, 5.74) is 3.60. The maximum absolute atomic E-state index is 11.6. The Morgan fingerprint density at radius 1 is 1.29 bits per heavy atom. The summed E-state index contributed by atoms with van der Waals surface area (Å²) in [6.07, 6.45) is 0. The van der Waals surface area contributed by atoms with Crippen LogP contribution in [0.15, 0.2) is 29.4 Å². The molecule has 17 heavy (non-hydrogen) atoms. The van der Waals surface area contributed by atoms with Crippen molar-refractivity contribution in [1.82, 2.24) is 5.43 Å². The second-order valence-corrected chi connectivity index (χ2v) is 5.28. The Labute approximate surface area is 107 Å². The smallest absolute Gasteiger partial charge is 0.245 e. The summed E-state index contributed by atoms with van der Waals surface area (Å²) in [5, 5.41) is 4.68. The van der Waals surface area contributed by atoms with E-state index in [9.17, 15) is 4.79 Å². The number of nitrogens with one attached hydrogen (secondary N) is 1. The molecule has 0 aliphatic carbocycles. The zero-order valence-corrected chi connectivity index (χ0v) is 11.3. The Bertz CT molecular complexity index is 447. The van der Waals surface area contributed by atoms with Gasteiger partial charge >= 0.3 is 0 Å². The fourth-order valence-electron chi connectivity index (χ4n) is 1.12. The molecule has 1 amide bonds. The van der Waals surface area contributed by atoms with Crippen LogP contribution in [0.2, 0.25) is 5.02 Å². The van der Waals surface area contributed by atoms with Crippen molar-refractivity contribution in [2.75, 3.05) is 0 Å². The van der Waals surface area contributed by atoms with E-state index in [4.69, 9.17) is 11.6 Å². The van der Waals surface area contributed by atoms with Crippen LogP contribution >= 0.6 is 11.6 Å². The molecule has 0 unspecified atom stereocenters. The van der Waals surface area contributed by atoms with E-state index in [2.05, 4.69) is 10.5 Å². The van der Waals surface area contributed by atoms with Gasteiger partial charge in [0.15, 0.2) is 0 Å². The van der Waals surface area contributed by atoms with Crippen molar-refractivity contribution in [2.45, 2.75) is 27.7 Å². The lowest BCUT2D eigenvalue weighted by atomic mass is 9.96. The lowest BCUT2D eigenvalue weighted by Crippen LogP contribution is -2.32. The minimum absolute atomic E-state index is 0.121. The molecule has 0 bridgehead atoms. The summed E-state index contributed by atoms with van der Waals surface area (Å²) in [6, 6.07) is 7.39. The predicted octanol–water partition coefficient (Wildman–Crippen LogP) is 3.23.